The van der Waals surface area contributed by atoms with E-state index in [1.54, 1.807) is 21.6 Å². The minimum atomic E-state index is 0.412. The lowest BCUT2D eigenvalue weighted by molar-refractivity contribution is 1.44. The molecular formula is C4H10S4. The van der Waals surface area contributed by atoms with Crippen molar-refractivity contribution in [2.75, 3.05) is 0 Å². The van der Waals surface area contributed by atoms with Crippen LogP contribution in [0, 0.1) is 0 Å². The molecule has 0 amide bonds. The summed E-state index contributed by atoms with van der Waals surface area (Å²) in [5.41, 5.74) is 0. The number of thiol groups is 2. The zero-order valence-electron chi connectivity index (χ0n) is 4.87. The van der Waals surface area contributed by atoms with E-state index in [2.05, 4.69) is 39.1 Å². The first kappa shape index (κ1) is 9.40. The van der Waals surface area contributed by atoms with Crippen molar-refractivity contribution in [2.45, 2.75) is 23.0 Å². The third kappa shape index (κ3) is 7.40. The fourth-order valence-corrected chi connectivity index (χ4v) is 2.34. The van der Waals surface area contributed by atoms with E-state index in [0.29, 0.717) is 9.16 Å². The average Bonchev–Trinajstić information content (AvgIpc) is 1.61. The summed E-state index contributed by atoms with van der Waals surface area (Å²) in [6.07, 6.45) is 0. The van der Waals surface area contributed by atoms with Crippen molar-refractivity contribution in [2.24, 2.45) is 0 Å². The minimum absolute atomic E-state index is 0.412. The number of hydrogen-bond acceptors (Lipinski definition) is 4. The van der Waals surface area contributed by atoms with Gasteiger partial charge in [0.25, 0.3) is 0 Å². The predicted octanol–water partition coefficient (Wildman–Crippen LogP) is 2.92. The van der Waals surface area contributed by atoms with Gasteiger partial charge < -0.3 is 0 Å². The molecule has 4 heteroatoms. The zero-order valence-corrected chi connectivity index (χ0v) is 8.29. The molecule has 0 spiro atoms. The summed E-state index contributed by atoms with van der Waals surface area (Å²) in [6, 6.07) is 0. The average molecular weight is 186 g/mol. The smallest absolute Gasteiger partial charge is 0.0548 e. The molecule has 0 aromatic heterocycles. The quantitative estimate of drug-likeness (QED) is 0.395. The van der Waals surface area contributed by atoms with Crippen LogP contribution in [0.2, 0.25) is 0 Å². The van der Waals surface area contributed by atoms with Crippen molar-refractivity contribution in [3.05, 3.63) is 0 Å². The Hall–Kier alpha value is 1.40. The Morgan fingerprint density at radius 1 is 1.00 bits per heavy atom. The summed E-state index contributed by atoms with van der Waals surface area (Å²) < 4.78 is 0.823. The third-order valence-corrected chi connectivity index (χ3v) is 4.56. The van der Waals surface area contributed by atoms with E-state index in [1.807, 2.05) is 0 Å². The first-order valence-electron chi connectivity index (χ1n) is 2.31. The Morgan fingerprint density at radius 3 is 1.38 bits per heavy atom. The zero-order chi connectivity index (χ0) is 6.57. The van der Waals surface area contributed by atoms with Crippen LogP contribution in [0.25, 0.3) is 0 Å². The monoisotopic (exact) mass is 186 g/mol. The van der Waals surface area contributed by atoms with Crippen molar-refractivity contribution in [3.63, 3.8) is 0 Å². The van der Waals surface area contributed by atoms with Crippen LogP contribution in [0.5, 0.6) is 0 Å². The molecule has 0 aromatic carbocycles. The third-order valence-electron chi connectivity index (χ3n) is 0.334. The summed E-state index contributed by atoms with van der Waals surface area (Å²) in [6.45, 7) is 4.11. The highest BCUT2D eigenvalue weighted by Crippen LogP contribution is 2.33. The molecule has 0 nitrogen and oxygen atoms in total. The summed E-state index contributed by atoms with van der Waals surface area (Å²) >= 11 is 8.36. The van der Waals surface area contributed by atoms with Gasteiger partial charge in [0.1, 0.15) is 0 Å². The Balaban J connectivity index is 2.93. The van der Waals surface area contributed by atoms with E-state index in [0.717, 1.165) is 0 Å². The van der Waals surface area contributed by atoms with Crippen LogP contribution in [0.3, 0.4) is 0 Å². The van der Waals surface area contributed by atoms with Gasteiger partial charge in [-0.15, -0.1) is 0 Å². The van der Waals surface area contributed by atoms with Gasteiger partial charge in [-0.25, -0.2) is 0 Å². The normalized spacial score (nSPS) is 18.0. The molecule has 2 atom stereocenters. The SMILES string of the molecule is CC(S)SSC(C)S. The molecule has 50 valence electrons. The molecule has 0 N–H and O–H groups in total. The maximum atomic E-state index is 4.18. The molecule has 0 bridgehead atoms. The van der Waals surface area contributed by atoms with E-state index in [-0.39, 0.29) is 0 Å². The van der Waals surface area contributed by atoms with E-state index in [9.17, 15) is 0 Å². The second-order valence-electron chi connectivity index (χ2n) is 1.39. The van der Waals surface area contributed by atoms with Gasteiger partial charge in [-0.05, 0) is 13.8 Å². The highest BCUT2D eigenvalue weighted by atomic mass is 33.1. The lowest BCUT2D eigenvalue weighted by Gasteiger charge is -2.03. The first-order valence-corrected chi connectivity index (χ1v) is 5.62. The van der Waals surface area contributed by atoms with Gasteiger partial charge >= 0.3 is 0 Å². The Labute approximate surface area is 69.8 Å². The molecule has 0 aliphatic carbocycles. The van der Waals surface area contributed by atoms with Gasteiger partial charge in [0.05, 0.1) is 9.16 Å². The van der Waals surface area contributed by atoms with E-state index in [4.69, 9.17) is 0 Å². The summed E-state index contributed by atoms with van der Waals surface area (Å²) in [5.74, 6) is 0. The van der Waals surface area contributed by atoms with Crippen LogP contribution in [0.15, 0.2) is 0 Å². The van der Waals surface area contributed by atoms with Crippen LogP contribution in [-0.4, -0.2) is 9.16 Å². The van der Waals surface area contributed by atoms with Crippen molar-refractivity contribution < 1.29 is 0 Å². The summed E-state index contributed by atoms with van der Waals surface area (Å²) in [7, 11) is 3.49. The van der Waals surface area contributed by atoms with Gasteiger partial charge in [-0.1, -0.05) is 21.6 Å². The van der Waals surface area contributed by atoms with Gasteiger partial charge in [-0.3, -0.25) is 0 Å². The molecule has 0 rings (SSSR count). The van der Waals surface area contributed by atoms with Crippen LogP contribution >= 0.6 is 46.8 Å². The number of rotatable bonds is 3. The Bertz CT molecular complexity index is 44.0. The fraction of sp³-hybridized carbons (Fsp3) is 1.00. The van der Waals surface area contributed by atoms with Gasteiger partial charge in [0, 0.05) is 0 Å². The molecule has 0 aliphatic heterocycles. The lowest BCUT2D eigenvalue weighted by Crippen LogP contribution is -1.81. The Morgan fingerprint density at radius 2 is 1.25 bits per heavy atom. The van der Waals surface area contributed by atoms with E-state index >= 15 is 0 Å². The fourth-order valence-electron chi connectivity index (χ4n) is 0.161. The molecular weight excluding hydrogens is 176 g/mol. The molecule has 0 aliphatic rings. The highest BCUT2D eigenvalue weighted by Gasteiger charge is 1.98. The van der Waals surface area contributed by atoms with Crippen molar-refractivity contribution >= 4 is 46.8 Å². The maximum absolute atomic E-state index is 4.18. The minimum Gasteiger partial charge on any atom is -0.164 e. The first-order chi connectivity index (χ1) is 3.63. The van der Waals surface area contributed by atoms with Gasteiger partial charge in [0.15, 0.2) is 0 Å². The molecule has 0 saturated carbocycles. The molecule has 0 saturated heterocycles. The van der Waals surface area contributed by atoms with Crippen LogP contribution in [0.4, 0.5) is 0 Å². The van der Waals surface area contributed by atoms with Crippen LogP contribution < -0.4 is 0 Å². The topological polar surface area (TPSA) is 0 Å². The Kier molecular flexibility index (Phi) is 6.12. The van der Waals surface area contributed by atoms with Gasteiger partial charge in [0.2, 0.25) is 0 Å². The van der Waals surface area contributed by atoms with E-state index in [1.165, 1.54) is 0 Å². The van der Waals surface area contributed by atoms with Crippen LogP contribution in [0.1, 0.15) is 13.8 Å². The van der Waals surface area contributed by atoms with Crippen molar-refractivity contribution in [1.82, 2.24) is 0 Å². The molecule has 0 radical (unpaired) electrons. The molecule has 2 unspecified atom stereocenters. The second-order valence-corrected chi connectivity index (χ2v) is 6.59. The van der Waals surface area contributed by atoms with Crippen molar-refractivity contribution in [3.8, 4) is 0 Å². The molecule has 0 aromatic rings. The van der Waals surface area contributed by atoms with Crippen LogP contribution in [-0.2, 0) is 0 Å². The molecule has 0 heterocycles. The van der Waals surface area contributed by atoms with Crippen molar-refractivity contribution in [1.29, 1.82) is 0 Å². The largest absolute Gasteiger partial charge is 0.164 e. The second kappa shape index (κ2) is 5.21. The summed E-state index contributed by atoms with van der Waals surface area (Å²) in [5, 5.41) is 0. The molecule has 8 heavy (non-hydrogen) atoms. The standard InChI is InChI=1S/C4H10S4/c1-3(5)7-8-4(2)6/h3-6H,1-2H3. The lowest BCUT2D eigenvalue weighted by atomic mass is 11.0. The van der Waals surface area contributed by atoms with E-state index < -0.39 is 0 Å². The predicted molar refractivity (Wildman–Crippen MR) is 52.1 cm³/mol. The molecule has 0 fully saturated rings. The summed E-state index contributed by atoms with van der Waals surface area (Å²) in [4.78, 5) is 0. The maximum Gasteiger partial charge on any atom is 0.0548 e. The van der Waals surface area contributed by atoms with Gasteiger partial charge in [-0.2, -0.15) is 25.3 Å². The number of hydrogen-bond donors (Lipinski definition) is 2. The highest BCUT2D eigenvalue weighted by molar-refractivity contribution is 8.79.